The third-order valence-electron chi connectivity index (χ3n) is 13.4. The highest BCUT2D eigenvalue weighted by molar-refractivity contribution is 7.32. The van der Waals surface area contributed by atoms with Crippen LogP contribution in [0.1, 0.15) is 91.5 Å². The van der Waals surface area contributed by atoms with Gasteiger partial charge in [0.2, 0.25) is 0 Å². The molecule has 4 aliphatic rings. The van der Waals surface area contributed by atoms with Crippen molar-refractivity contribution in [2.75, 3.05) is 0 Å². The number of benzene rings is 4. The Balaban J connectivity index is 0.942. The maximum absolute atomic E-state index is 13.7. The summed E-state index contributed by atoms with van der Waals surface area (Å²) in [6.07, 6.45) is 3.69. The Kier molecular flexibility index (Phi) is 7.88. The first-order chi connectivity index (χ1) is 30.9. The number of hydrogen-bond acceptors (Lipinski definition) is 10. The van der Waals surface area contributed by atoms with Crippen LogP contribution >= 0.6 is 45.3 Å². The van der Waals surface area contributed by atoms with E-state index in [0.29, 0.717) is 44.5 Å². The topological polar surface area (TPSA) is 129 Å². The summed E-state index contributed by atoms with van der Waals surface area (Å²) in [5.74, 6) is -0.359. The molecule has 0 aliphatic heterocycles. The number of hydrogen-bond donors (Lipinski definition) is 0. The number of ketones is 2. The average Bonchev–Trinajstić information content (AvgIpc) is 4.16. The molecule has 0 N–H and O–H groups in total. The van der Waals surface area contributed by atoms with Crippen LogP contribution in [0.3, 0.4) is 0 Å². The normalized spacial score (nSPS) is 17.0. The summed E-state index contributed by atoms with van der Waals surface area (Å²) in [7, 11) is 0. The second-order valence-electron chi connectivity index (χ2n) is 17.5. The van der Waals surface area contributed by atoms with Crippen LogP contribution in [0.5, 0.6) is 0 Å². The maximum Gasteiger partial charge on any atom is 0.194 e. The van der Waals surface area contributed by atoms with E-state index in [2.05, 4.69) is 64.1 Å². The lowest BCUT2D eigenvalue weighted by molar-refractivity contribution is 0.103. The minimum atomic E-state index is -0.265. The lowest BCUT2D eigenvalue weighted by Crippen LogP contribution is -2.15. The van der Waals surface area contributed by atoms with Gasteiger partial charge in [0.05, 0.1) is 9.40 Å². The van der Waals surface area contributed by atoms with E-state index >= 15 is 0 Å². The predicted molar refractivity (Wildman–Crippen MR) is 259 cm³/mol. The van der Waals surface area contributed by atoms with Gasteiger partial charge < -0.3 is 0 Å². The van der Waals surface area contributed by atoms with E-state index in [4.69, 9.17) is 0 Å². The summed E-state index contributed by atoms with van der Waals surface area (Å²) in [5.41, 5.74) is 10.9. The lowest BCUT2D eigenvalue weighted by atomic mass is 9.81. The molecule has 4 aromatic heterocycles. The van der Waals surface area contributed by atoms with Crippen molar-refractivity contribution in [3.63, 3.8) is 0 Å². The van der Waals surface area contributed by atoms with Crippen molar-refractivity contribution in [2.45, 2.75) is 38.5 Å². The third kappa shape index (κ3) is 4.94. The van der Waals surface area contributed by atoms with Crippen molar-refractivity contribution in [1.82, 2.24) is 0 Å². The Morgan fingerprint density at radius 2 is 0.875 bits per heavy atom. The molecular weight excluding hydrogens is 865 g/mol. The summed E-state index contributed by atoms with van der Waals surface area (Å²) in [4.78, 5) is 31.7. The van der Waals surface area contributed by atoms with E-state index in [-0.39, 0.29) is 33.5 Å². The Morgan fingerprint density at radius 3 is 1.25 bits per heavy atom. The number of thiophene rings is 4. The quantitative estimate of drug-likeness (QED) is 0.125. The average molecular weight is 893 g/mol. The molecule has 0 unspecified atom stereocenters. The van der Waals surface area contributed by atoms with Gasteiger partial charge in [-0.1, -0.05) is 76.2 Å². The van der Waals surface area contributed by atoms with Crippen LogP contribution in [0, 0.1) is 45.3 Å². The number of carbonyl (C=O) groups excluding carboxylic acids is 2. The molecule has 0 saturated heterocycles. The van der Waals surface area contributed by atoms with Gasteiger partial charge in [0.25, 0.3) is 0 Å². The van der Waals surface area contributed by atoms with Gasteiger partial charge in [-0.3, -0.25) is 9.59 Å². The second-order valence-corrected chi connectivity index (χ2v) is 21.8. The zero-order valence-corrected chi connectivity index (χ0v) is 37.7. The van der Waals surface area contributed by atoms with Crippen LogP contribution in [0.4, 0.5) is 0 Å². The third-order valence-corrected chi connectivity index (χ3v) is 18.1. The van der Waals surface area contributed by atoms with Crippen LogP contribution in [-0.4, -0.2) is 11.6 Å². The summed E-state index contributed by atoms with van der Waals surface area (Å²) < 4.78 is 4.89. The monoisotopic (exact) mass is 892 g/mol. The van der Waals surface area contributed by atoms with E-state index in [1.54, 1.807) is 59.1 Å². The standard InChI is InChI=1S/C54H28N4O2S4/c1-53(2)39-15-25-13-29(17-37-43(27(21-55)22-56)31-9-5-7-11-33(31)47(37)59)61-41(25)19-35(39)49-45(53)51-52(63-49)46-50(64-51)36-20-42-26(16-40(36)54(46,3)4)14-30(62-42)18-38-44(28(23-57)24-58)32-10-6-8-12-34(32)48(38)60/h5-20H,1-4H3. The zero-order chi connectivity index (χ0) is 44.1. The molecular formula is C54H28N4O2S4. The molecule has 4 aromatic carbocycles. The first kappa shape index (κ1) is 38.4. The summed E-state index contributed by atoms with van der Waals surface area (Å²) in [6, 6.07) is 35.8. The van der Waals surface area contributed by atoms with Gasteiger partial charge in [0.1, 0.15) is 35.4 Å². The van der Waals surface area contributed by atoms with E-state index < -0.39 is 0 Å². The summed E-state index contributed by atoms with van der Waals surface area (Å²) in [5, 5.41) is 41.5. The molecule has 0 amide bonds. The predicted octanol–water partition coefficient (Wildman–Crippen LogP) is 14.2. The fourth-order valence-electron chi connectivity index (χ4n) is 10.5. The Bertz CT molecular complexity index is 3640. The fourth-order valence-corrected chi connectivity index (χ4v) is 16.1. The highest BCUT2D eigenvalue weighted by atomic mass is 32.1. The fraction of sp³-hybridized carbons (Fsp3) is 0.111. The molecule has 0 fully saturated rings. The van der Waals surface area contributed by atoms with Gasteiger partial charge in [-0.25, -0.2) is 0 Å². The van der Waals surface area contributed by atoms with Crippen molar-refractivity contribution in [3.8, 4) is 45.2 Å². The molecule has 64 heavy (non-hydrogen) atoms. The van der Waals surface area contributed by atoms with Crippen LogP contribution in [0.2, 0.25) is 0 Å². The molecule has 0 atom stereocenters. The molecule has 300 valence electrons. The van der Waals surface area contributed by atoms with E-state index in [9.17, 15) is 30.6 Å². The van der Waals surface area contributed by atoms with Gasteiger partial charge in [-0.2, -0.15) is 21.0 Å². The zero-order valence-electron chi connectivity index (χ0n) is 34.5. The van der Waals surface area contributed by atoms with Crippen LogP contribution in [-0.2, 0) is 10.8 Å². The highest BCUT2D eigenvalue weighted by Gasteiger charge is 2.45. The summed E-state index contributed by atoms with van der Waals surface area (Å²) >= 11 is 7.00. The molecule has 8 aromatic rings. The number of nitrogens with zero attached hydrogens (tertiary/aromatic N) is 4. The second kappa shape index (κ2) is 13.1. The van der Waals surface area contributed by atoms with Crippen molar-refractivity contribution in [1.29, 1.82) is 21.0 Å². The van der Waals surface area contributed by atoms with Gasteiger partial charge in [0, 0.05) is 73.2 Å². The molecule has 6 nitrogen and oxygen atoms in total. The number of nitriles is 4. The Labute approximate surface area is 383 Å². The molecule has 0 saturated carbocycles. The van der Waals surface area contributed by atoms with E-state index in [1.807, 2.05) is 71.2 Å². The Hall–Kier alpha value is -7.28. The molecule has 0 radical (unpaired) electrons. The first-order valence-electron chi connectivity index (χ1n) is 20.5. The maximum atomic E-state index is 13.7. The highest BCUT2D eigenvalue weighted by Crippen LogP contribution is 2.64. The number of allylic oxidation sites excluding steroid dienone is 6. The van der Waals surface area contributed by atoms with Gasteiger partial charge in [-0.15, -0.1) is 45.3 Å². The Morgan fingerprint density at radius 1 is 0.500 bits per heavy atom. The molecule has 4 heterocycles. The number of carbonyl (C=O) groups is 2. The van der Waals surface area contributed by atoms with Crippen LogP contribution in [0.15, 0.2) is 107 Å². The number of Topliss-reactive ketones (excluding diaryl/α,β-unsaturated/α-hetero) is 2. The van der Waals surface area contributed by atoms with Crippen LogP contribution in [0.25, 0.3) is 73.8 Å². The molecule has 12 rings (SSSR count). The van der Waals surface area contributed by atoms with Gasteiger partial charge in [-0.05, 0) is 104 Å². The molecule has 10 heteroatoms. The van der Waals surface area contributed by atoms with Crippen molar-refractivity contribution in [3.05, 3.63) is 161 Å². The van der Waals surface area contributed by atoms with Crippen LogP contribution < -0.4 is 0 Å². The lowest BCUT2D eigenvalue weighted by Gasteiger charge is -2.22. The SMILES string of the molecule is CC1(C)c2cc3cc(C=C4C(=O)c5ccccc5C4=C(C#N)C#N)sc3cc2-c2sc3c4c(sc3c21)-c1cc2sc(C=C3C(=O)c5ccccc5C3=C(C#N)C#N)cc2cc1C4(C)C. The van der Waals surface area contributed by atoms with Crippen molar-refractivity contribution >= 4 is 110 Å². The minimum absolute atomic E-state index is 0.0668. The number of fused-ring (bicyclic) bond motifs is 13. The molecule has 0 spiro atoms. The van der Waals surface area contributed by atoms with Gasteiger partial charge in [0.15, 0.2) is 11.6 Å². The smallest absolute Gasteiger partial charge is 0.194 e. The summed E-state index contributed by atoms with van der Waals surface area (Å²) in [6.45, 7) is 9.28. The van der Waals surface area contributed by atoms with Gasteiger partial charge >= 0.3 is 0 Å². The minimum Gasteiger partial charge on any atom is -0.289 e. The van der Waals surface area contributed by atoms with E-state index in [0.717, 1.165) is 29.9 Å². The first-order valence-corrected chi connectivity index (χ1v) is 23.7. The van der Waals surface area contributed by atoms with Crippen molar-refractivity contribution in [2.24, 2.45) is 0 Å². The largest absolute Gasteiger partial charge is 0.289 e. The molecule has 0 bridgehead atoms. The van der Waals surface area contributed by atoms with E-state index in [1.165, 1.54) is 52.5 Å². The van der Waals surface area contributed by atoms with Crippen molar-refractivity contribution < 1.29 is 9.59 Å². The molecule has 4 aliphatic carbocycles. The number of rotatable bonds is 2.